The molecule has 27 heavy (non-hydrogen) atoms. The molecule has 2 fully saturated rings. The maximum atomic E-state index is 12.3. The third-order valence-corrected chi connectivity index (χ3v) is 5.51. The van der Waals surface area contributed by atoms with Gasteiger partial charge in [-0.1, -0.05) is 13.3 Å². The van der Waals surface area contributed by atoms with Crippen LogP contribution in [-0.2, 0) is 4.74 Å². The van der Waals surface area contributed by atoms with Crippen molar-refractivity contribution in [3.8, 4) is 0 Å². The summed E-state index contributed by atoms with van der Waals surface area (Å²) in [5.41, 5.74) is -0.446. The van der Waals surface area contributed by atoms with Crippen LogP contribution in [0.15, 0.2) is 4.99 Å². The Labute approximate surface area is 180 Å². The average molecular weight is 493 g/mol. The van der Waals surface area contributed by atoms with E-state index in [1.807, 2.05) is 25.7 Å². The zero-order chi connectivity index (χ0) is 18.7. The zero-order valence-electron chi connectivity index (χ0n) is 17.2. The number of guanidine groups is 1. The summed E-state index contributed by atoms with van der Waals surface area (Å²) in [4.78, 5) is 23.8. The second-order valence-electron chi connectivity index (χ2n) is 8.60. The Morgan fingerprint density at radius 2 is 2.04 bits per heavy atom. The van der Waals surface area contributed by atoms with Crippen LogP contribution in [0.1, 0.15) is 47.0 Å². The quantitative estimate of drug-likeness (QED) is 0.612. The molecule has 1 N–H and O–H groups in total. The van der Waals surface area contributed by atoms with E-state index in [9.17, 15) is 4.79 Å². The first-order valence-electron chi connectivity index (χ1n) is 10.1. The molecule has 3 aliphatic rings. The maximum absolute atomic E-state index is 12.3. The molecule has 1 amide bonds. The normalized spacial score (nSPS) is 26.1. The van der Waals surface area contributed by atoms with E-state index in [4.69, 9.17) is 9.73 Å². The molecule has 7 nitrogen and oxygen atoms in total. The van der Waals surface area contributed by atoms with E-state index in [1.54, 1.807) is 0 Å². The fourth-order valence-electron chi connectivity index (χ4n) is 4.14. The van der Waals surface area contributed by atoms with Gasteiger partial charge in [0.25, 0.3) is 0 Å². The molecular formula is C19H36IN5O2. The van der Waals surface area contributed by atoms with Gasteiger partial charge in [0, 0.05) is 32.2 Å². The highest BCUT2D eigenvalue weighted by Crippen LogP contribution is 2.20. The first-order valence-corrected chi connectivity index (χ1v) is 10.1. The summed E-state index contributed by atoms with van der Waals surface area (Å²) in [5.74, 6) is 1.01. The highest BCUT2D eigenvalue weighted by atomic mass is 127. The van der Waals surface area contributed by atoms with Crippen LogP contribution in [0.3, 0.4) is 0 Å². The Hall–Kier alpha value is -0.770. The summed E-state index contributed by atoms with van der Waals surface area (Å²) in [6.07, 6.45) is 3.70. The topological polar surface area (TPSA) is 60.4 Å². The molecule has 0 aromatic heterocycles. The van der Waals surface area contributed by atoms with Gasteiger partial charge in [0.05, 0.1) is 12.6 Å². The van der Waals surface area contributed by atoms with Gasteiger partial charge in [0.15, 0.2) is 5.96 Å². The monoisotopic (exact) mass is 493 g/mol. The number of nitrogens with zero attached hydrogens (tertiary/aromatic N) is 4. The number of hydrogen-bond acceptors (Lipinski definition) is 6. The molecule has 0 aromatic carbocycles. The smallest absolute Gasteiger partial charge is 0.410 e. The van der Waals surface area contributed by atoms with Gasteiger partial charge in [-0.25, -0.2) is 4.79 Å². The lowest BCUT2D eigenvalue weighted by atomic mass is 10.0. The van der Waals surface area contributed by atoms with Crippen molar-refractivity contribution < 1.29 is 9.53 Å². The van der Waals surface area contributed by atoms with E-state index in [0.717, 1.165) is 32.1 Å². The number of piperidine rings is 1. The lowest BCUT2D eigenvalue weighted by Crippen LogP contribution is -2.58. The predicted molar refractivity (Wildman–Crippen MR) is 119 cm³/mol. The van der Waals surface area contributed by atoms with Crippen LogP contribution in [-0.4, -0.2) is 90.3 Å². The Morgan fingerprint density at radius 1 is 1.26 bits per heavy atom. The average Bonchev–Trinajstić information content (AvgIpc) is 3.01. The lowest BCUT2D eigenvalue weighted by Gasteiger charge is -2.40. The summed E-state index contributed by atoms with van der Waals surface area (Å²) in [6.45, 7) is 14.2. The van der Waals surface area contributed by atoms with Gasteiger partial charge in [-0.2, -0.15) is 0 Å². The molecule has 0 spiro atoms. The molecule has 3 aliphatic heterocycles. The molecule has 3 heterocycles. The van der Waals surface area contributed by atoms with Crippen molar-refractivity contribution in [3.05, 3.63) is 0 Å². The number of rotatable bonds is 3. The van der Waals surface area contributed by atoms with Crippen molar-refractivity contribution in [2.24, 2.45) is 4.99 Å². The van der Waals surface area contributed by atoms with Crippen molar-refractivity contribution in [1.82, 2.24) is 20.0 Å². The van der Waals surface area contributed by atoms with Crippen molar-refractivity contribution in [3.63, 3.8) is 0 Å². The lowest BCUT2D eigenvalue weighted by molar-refractivity contribution is 0.0137. The molecule has 0 bridgehead atoms. The van der Waals surface area contributed by atoms with Gasteiger partial charge in [0.2, 0.25) is 0 Å². The van der Waals surface area contributed by atoms with Crippen LogP contribution in [0, 0.1) is 0 Å². The molecule has 0 aromatic rings. The highest BCUT2D eigenvalue weighted by Gasteiger charge is 2.36. The molecule has 3 rings (SSSR count). The van der Waals surface area contributed by atoms with Crippen molar-refractivity contribution in [2.45, 2.75) is 64.6 Å². The maximum Gasteiger partial charge on any atom is 0.410 e. The highest BCUT2D eigenvalue weighted by molar-refractivity contribution is 14.0. The third kappa shape index (κ3) is 5.85. The standard InChI is InChI=1S/C19H35N5O2.HI/c1-5-22-9-7-6-8-15(22)12-20-17-21-13-16-14-23(10-11-24(16)17)18(25)26-19(2,3)4;/h15-16H,5-14H2,1-4H3,(H,20,21);1H. The number of piperazine rings is 1. The van der Waals surface area contributed by atoms with Crippen LogP contribution in [0.25, 0.3) is 0 Å². The number of carbonyl (C=O) groups excluding carboxylic acids is 1. The van der Waals surface area contributed by atoms with E-state index in [0.29, 0.717) is 19.1 Å². The molecule has 0 aliphatic carbocycles. The number of likely N-dealkylation sites (N-methyl/N-ethyl adjacent to an activating group) is 1. The molecule has 2 unspecified atom stereocenters. The fraction of sp³-hybridized carbons (Fsp3) is 0.895. The number of amides is 1. The number of aliphatic imine (C=N–C) groups is 1. The Kier molecular flexibility index (Phi) is 8.03. The van der Waals surface area contributed by atoms with E-state index in [-0.39, 0.29) is 36.1 Å². The summed E-state index contributed by atoms with van der Waals surface area (Å²) in [7, 11) is 0. The van der Waals surface area contributed by atoms with Crippen LogP contribution < -0.4 is 5.32 Å². The van der Waals surface area contributed by atoms with Crippen molar-refractivity contribution in [1.29, 1.82) is 0 Å². The number of carbonyl (C=O) groups is 1. The van der Waals surface area contributed by atoms with Crippen LogP contribution >= 0.6 is 24.0 Å². The number of nitrogens with one attached hydrogen (secondary N) is 1. The minimum absolute atomic E-state index is 0. The zero-order valence-corrected chi connectivity index (χ0v) is 19.6. The van der Waals surface area contributed by atoms with Gasteiger partial charge < -0.3 is 19.9 Å². The first-order chi connectivity index (χ1) is 12.4. The predicted octanol–water partition coefficient (Wildman–Crippen LogP) is 2.36. The number of ether oxygens (including phenoxy) is 1. The largest absolute Gasteiger partial charge is 0.444 e. The van der Waals surface area contributed by atoms with E-state index < -0.39 is 5.60 Å². The van der Waals surface area contributed by atoms with E-state index in [1.165, 1.54) is 25.8 Å². The summed E-state index contributed by atoms with van der Waals surface area (Å²) < 4.78 is 5.51. The van der Waals surface area contributed by atoms with Gasteiger partial charge in [0.1, 0.15) is 5.60 Å². The van der Waals surface area contributed by atoms with Crippen molar-refractivity contribution >= 4 is 36.0 Å². The molecular weight excluding hydrogens is 457 g/mol. The second-order valence-corrected chi connectivity index (χ2v) is 8.60. The van der Waals surface area contributed by atoms with Crippen LogP contribution in [0.5, 0.6) is 0 Å². The first kappa shape index (κ1) is 22.5. The van der Waals surface area contributed by atoms with Gasteiger partial charge in [-0.15, -0.1) is 24.0 Å². The number of hydrogen-bond donors (Lipinski definition) is 1. The fourth-order valence-corrected chi connectivity index (χ4v) is 4.14. The van der Waals surface area contributed by atoms with Gasteiger partial charge in [-0.05, 0) is 46.7 Å². The summed E-state index contributed by atoms with van der Waals surface area (Å²) in [5, 5.41) is 3.60. The minimum atomic E-state index is -0.446. The Bertz CT molecular complexity index is 537. The number of likely N-dealkylation sites (tertiary alicyclic amines) is 1. The van der Waals surface area contributed by atoms with Crippen LogP contribution in [0.4, 0.5) is 4.79 Å². The molecule has 0 radical (unpaired) electrons. The second kappa shape index (κ2) is 9.62. The SMILES string of the molecule is CCN1CCCCC1CNC1=NCC2CN(C(=O)OC(C)(C)C)CCN12.I. The molecule has 2 atom stereocenters. The number of halogens is 1. The van der Waals surface area contributed by atoms with E-state index in [2.05, 4.69) is 22.0 Å². The molecule has 2 saturated heterocycles. The molecule has 156 valence electrons. The van der Waals surface area contributed by atoms with Gasteiger partial charge >= 0.3 is 6.09 Å². The molecule has 0 saturated carbocycles. The third-order valence-electron chi connectivity index (χ3n) is 5.51. The Balaban J connectivity index is 0.00000261. The minimum Gasteiger partial charge on any atom is -0.444 e. The van der Waals surface area contributed by atoms with Gasteiger partial charge in [-0.3, -0.25) is 9.89 Å². The Morgan fingerprint density at radius 3 is 2.74 bits per heavy atom. The summed E-state index contributed by atoms with van der Waals surface area (Å²) in [6, 6.07) is 0.881. The molecule has 8 heteroatoms. The number of fused-ring (bicyclic) bond motifs is 1. The van der Waals surface area contributed by atoms with Crippen LogP contribution in [0.2, 0.25) is 0 Å². The summed E-state index contributed by atoms with van der Waals surface area (Å²) >= 11 is 0. The van der Waals surface area contributed by atoms with E-state index >= 15 is 0 Å². The van der Waals surface area contributed by atoms with Crippen molar-refractivity contribution in [2.75, 3.05) is 45.8 Å².